The Balaban J connectivity index is 0.000000349. The zero-order valence-electron chi connectivity index (χ0n) is 27.6. The number of ether oxygens (including phenoxy) is 1. The van der Waals surface area contributed by atoms with Crippen molar-refractivity contribution in [1.29, 1.82) is 0 Å². The number of hydrogen-bond donors (Lipinski definition) is 2. The molecule has 2 fully saturated rings. The number of nitrogens with zero attached hydrogens (tertiary/aromatic N) is 6. The van der Waals surface area contributed by atoms with Crippen LogP contribution in [0, 0.1) is 18.7 Å². The van der Waals surface area contributed by atoms with Gasteiger partial charge in [0, 0.05) is 44.1 Å². The molecule has 14 heteroatoms. The summed E-state index contributed by atoms with van der Waals surface area (Å²) in [5.74, 6) is 2.66. The lowest BCUT2D eigenvalue weighted by molar-refractivity contribution is 0.275. The molecule has 48 heavy (non-hydrogen) atoms. The van der Waals surface area contributed by atoms with E-state index in [0.717, 1.165) is 50.2 Å². The highest BCUT2D eigenvalue weighted by Gasteiger charge is 2.34. The number of rotatable bonds is 10. The van der Waals surface area contributed by atoms with Gasteiger partial charge in [0.1, 0.15) is 5.82 Å². The van der Waals surface area contributed by atoms with Crippen molar-refractivity contribution in [1.82, 2.24) is 20.1 Å². The topological polar surface area (TPSA) is 161 Å². The number of aryl methyl sites for hydroxylation is 1. The Morgan fingerprint density at radius 2 is 1.73 bits per heavy atom. The van der Waals surface area contributed by atoms with Crippen LogP contribution < -0.4 is 20.3 Å². The number of nitrogens with two attached hydrogens (primary N) is 1. The van der Waals surface area contributed by atoms with Gasteiger partial charge in [-0.25, -0.2) is 14.4 Å². The zero-order valence-corrected chi connectivity index (χ0v) is 28.4. The van der Waals surface area contributed by atoms with Crippen LogP contribution in [0.2, 0.25) is 0 Å². The van der Waals surface area contributed by atoms with E-state index >= 15 is 0 Å². The molecule has 2 aliphatic rings. The van der Waals surface area contributed by atoms with Crippen molar-refractivity contribution in [2.24, 2.45) is 11.7 Å². The molecule has 2 aromatic heterocycles. The highest BCUT2D eigenvalue weighted by atomic mass is 32.2. The quantitative estimate of drug-likeness (QED) is 0.163. The molecule has 0 bridgehead atoms. The van der Waals surface area contributed by atoms with Gasteiger partial charge in [-0.15, -0.1) is 0 Å². The summed E-state index contributed by atoms with van der Waals surface area (Å²) in [7, 11) is -4.02. The lowest BCUT2D eigenvalue weighted by Gasteiger charge is -2.30. The molecule has 0 spiro atoms. The molecule has 2 atom stereocenters. The van der Waals surface area contributed by atoms with E-state index < -0.39 is 10.1 Å². The van der Waals surface area contributed by atoms with E-state index in [1.165, 1.54) is 18.2 Å². The molecule has 0 unspecified atom stereocenters. The second kappa shape index (κ2) is 15.8. The zero-order chi connectivity index (χ0) is 34.3. The van der Waals surface area contributed by atoms with Crippen molar-refractivity contribution in [3.63, 3.8) is 0 Å². The van der Waals surface area contributed by atoms with E-state index in [1.807, 2.05) is 17.9 Å². The standard InChI is InChI=1S/C27H36FN7O2.C7H8O3S/c1-18(2)25-32-27(37-33-25)34-11-9-19(10-12-34)6-5-13-36-20-14-30-26(31-15-20)35-16-22(24(29)17-35)21-7-3-4-8-23(21)28;1-6-2-4-7(5-3-6)11(8,9)10/h3-4,7-8,14-15,18-19,22,24H,5-6,9-13,16-17,29H2,1-2H3;2-5H,1H3,(H,8,9,10)/t22-,24+;/m0./s1. The average Bonchev–Trinajstić information content (AvgIpc) is 3.72. The molecule has 3 N–H and O–H groups in total. The Bertz CT molecular complexity index is 1710. The van der Waals surface area contributed by atoms with Crippen LogP contribution >= 0.6 is 0 Å². The van der Waals surface area contributed by atoms with E-state index in [9.17, 15) is 12.8 Å². The highest BCUT2D eigenvalue weighted by Crippen LogP contribution is 2.31. The summed E-state index contributed by atoms with van der Waals surface area (Å²) in [6.45, 7) is 9.67. The van der Waals surface area contributed by atoms with Crippen molar-refractivity contribution in [2.45, 2.75) is 69.2 Å². The highest BCUT2D eigenvalue weighted by molar-refractivity contribution is 7.85. The van der Waals surface area contributed by atoms with Crippen LogP contribution in [-0.2, 0) is 10.1 Å². The molecule has 2 saturated heterocycles. The summed E-state index contributed by atoms with van der Waals surface area (Å²) in [5.41, 5.74) is 7.93. The van der Waals surface area contributed by atoms with Crippen LogP contribution in [0.1, 0.15) is 68.3 Å². The van der Waals surface area contributed by atoms with Gasteiger partial charge in [-0.3, -0.25) is 4.55 Å². The van der Waals surface area contributed by atoms with Crippen molar-refractivity contribution < 1.29 is 26.6 Å². The molecule has 0 amide bonds. The van der Waals surface area contributed by atoms with E-state index in [4.69, 9.17) is 19.5 Å². The lowest BCUT2D eigenvalue weighted by atomic mass is 9.92. The fraction of sp³-hybridized carbons (Fsp3) is 0.471. The summed E-state index contributed by atoms with van der Waals surface area (Å²) in [6.07, 6.45) is 7.75. The van der Waals surface area contributed by atoms with Gasteiger partial charge in [0.15, 0.2) is 11.6 Å². The molecule has 0 radical (unpaired) electrons. The molecule has 6 rings (SSSR count). The summed E-state index contributed by atoms with van der Waals surface area (Å²) in [6, 6.07) is 13.3. The number of aromatic nitrogens is 4. The maximum atomic E-state index is 14.2. The van der Waals surface area contributed by atoms with Crippen molar-refractivity contribution in [2.75, 3.05) is 42.6 Å². The number of hydrogen-bond acceptors (Lipinski definition) is 11. The van der Waals surface area contributed by atoms with Gasteiger partial charge in [-0.1, -0.05) is 54.9 Å². The Morgan fingerprint density at radius 1 is 1.04 bits per heavy atom. The molecular weight excluding hydrogens is 637 g/mol. The molecule has 4 aromatic rings. The van der Waals surface area contributed by atoms with Crippen LogP contribution in [0.3, 0.4) is 0 Å². The molecule has 2 aliphatic heterocycles. The predicted octanol–water partition coefficient (Wildman–Crippen LogP) is 5.37. The number of benzene rings is 2. The first-order valence-electron chi connectivity index (χ1n) is 16.3. The molecule has 4 heterocycles. The van der Waals surface area contributed by atoms with Crippen LogP contribution in [-0.4, -0.2) is 71.9 Å². The summed E-state index contributed by atoms with van der Waals surface area (Å²) in [4.78, 5) is 17.6. The minimum absolute atomic E-state index is 0.0666. The van der Waals surface area contributed by atoms with E-state index in [2.05, 4.69) is 38.9 Å². The first-order valence-corrected chi connectivity index (χ1v) is 17.7. The second-order valence-electron chi connectivity index (χ2n) is 12.7. The second-order valence-corrected chi connectivity index (χ2v) is 14.1. The monoisotopic (exact) mass is 681 g/mol. The maximum absolute atomic E-state index is 14.2. The molecule has 258 valence electrons. The number of piperidine rings is 1. The minimum Gasteiger partial charge on any atom is -0.490 e. The average molecular weight is 682 g/mol. The molecule has 0 saturated carbocycles. The van der Waals surface area contributed by atoms with E-state index in [0.29, 0.717) is 48.9 Å². The van der Waals surface area contributed by atoms with Gasteiger partial charge in [-0.2, -0.15) is 13.4 Å². The van der Waals surface area contributed by atoms with Gasteiger partial charge >= 0.3 is 6.01 Å². The minimum atomic E-state index is -4.02. The maximum Gasteiger partial charge on any atom is 0.324 e. The van der Waals surface area contributed by atoms with Crippen LogP contribution in [0.15, 0.2) is 70.3 Å². The van der Waals surface area contributed by atoms with Gasteiger partial charge in [-0.05, 0) is 62.3 Å². The first-order chi connectivity index (χ1) is 23.0. The number of anilines is 2. The SMILES string of the molecule is CC(C)c1noc(N2CCC(CCCOc3cnc(N4C[C@@H](N)[C@H](c5ccccc5F)C4)nc3)CC2)n1.Cc1ccc(S(=O)(=O)O)cc1. The lowest BCUT2D eigenvalue weighted by Crippen LogP contribution is -2.34. The van der Waals surface area contributed by atoms with Crippen molar-refractivity contribution in [3.05, 3.63) is 83.7 Å². The van der Waals surface area contributed by atoms with Gasteiger partial charge in [0.2, 0.25) is 5.95 Å². The van der Waals surface area contributed by atoms with Crippen LogP contribution in [0.5, 0.6) is 5.75 Å². The summed E-state index contributed by atoms with van der Waals surface area (Å²) in [5, 5.41) is 4.07. The molecule has 12 nitrogen and oxygen atoms in total. The Hall–Kier alpha value is -4.14. The van der Waals surface area contributed by atoms with Crippen molar-refractivity contribution >= 4 is 22.1 Å². The predicted molar refractivity (Wildman–Crippen MR) is 180 cm³/mol. The normalized spacial score (nSPS) is 18.6. The van der Waals surface area contributed by atoms with E-state index in [-0.39, 0.29) is 28.6 Å². The Labute approximate surface area is 281 Å². The largest absolute Gasteiger partial charge is 0.490 e. The molecule has 0 aliphatic carbocycles. The fourth-order valence-corrected chi connectivity index (χ4v) is 6.40. The van der Waals surface area contributed by atoms with Crippen LogP contribution in [0.4, 0.5) is 16.4 Å². The summed E-state index contributed by atoms with van der Waals surface area (Å²) < 4.78 is 55.1. The third-order valence-corrected chi connectivity index (χ3v) is 9.61. The summed E-state index contributed by atoms with van der Waals surface area (Å²) >= 11 is 0. The molecular formula is C34H44FN7O5S. The van der Waals surface area contributed by atoms with Crippen LogP contribution in [0.25, 0.3) is 0 Å². The van der Waals surface area contributed by atoms with Gasteiger partial charge < -0.3 is 24.8 Å². The Morgan fingerprint density at radius 3 is 2.35 bits per heavy atom. The van der Waals surface area contributed by atoms with E-state index in [1.54, 1.807) is 36.7 Å². The fourth-order valence-electron chi connectivity index (χ4n) is 5.92. The third-order valence-electron chi connectivity index (χ3n) is 8.74. The van der Waals surface area contributed by atoms with Crippen molar-refractivity contribution in [3.8, 4) is 5.75 Å². The smallest absolute Gasteiger partial charge is 0.324 e. The number of halogens is 1. The van der Waals surface area contributed by atoms with Gasteiger partial charge in [0.25, 0.3) is 10.1 Å². The third kappa shape index (κ3) is 9.26. The molecule has 2 aromatic carbocycles. The Kier molecular flexibility index (Phi) is 11.6. The van der Waals surface area contributed by atoms with Gasteiger partial charge in [0.05, 0.1) is 23.9 Å². The first kappa shape index (κ1) is 35.2.